The molecule has 0 saturated carbocycles. The van der Waals surface area contributed by atoms with E-state index in [0.29, 0.717) is 11.1 Å². The predicted molar refractivity (Wildman–Crippen MR) is 79.3 cm³/mol. The van der Waals surface area contributed by atoms with Crippen molar-refractivity contribution >= 4 is 16.9 Å². The van der Waals surface area contributed by atoms with Crippen molar-refractivity contribution in [1.82, 2.24) is 0 Å². The van der Waals surface area contributed by atoms with Crippen LogP contribution in [0.25, 0.3) is 22.1 Å². The Balaban J connectivity index is 2.28. The molecule has 1 N–H and O–H groups in total. The van der Waals surface area contributed by atoms with Gasteiger partial charge in [-0.15, -0.1) is 0 Å². The number of furan rings is 1. The molecular weight excluding hydrogens is 268 g/mol. The standard InChI is InChI=1S/C17H14O4/c1-2-20-17(19)16-15(11-6-4-3-5-7-11)13-9-8-12(18)10-14(13)21-16/h3-10,18H,2H2,1H3. The SMILES string of the molecule is CCOC(=O)c1oc2cc(O)ccc2c1-c1ccccc1. The summed E-state index contributed by atoms with van der Waals surface area (Å²) in [5.74, 6) is -0.262. The van der Waals surface area contributed by atoms with E-state index in [1.54, 1.807) is 19.1 Å². The monoisotopic (exact) mass is 282 g/mol. The highest BCUT2D eigenvalue weighted by molar-refractivity contribution is 6.06. The Morgan fingerprint density at radius 3 is 2.67 bits per heavy atom. The molecule has 0 aliphatic rings. The van der Waals surface area contributed by atoms with Crippen LogP contribution in [-0.4, -0.2) is 17.7 Å². The van der Waals surface area contributed by atoms with Crippen LogP contribution < -0.4 is 0 Å². The van der Waals surface area contributed by atoms with Gasteiger partial charge in [-0.2, -0.15) is 0 Å². The zero-order valence-corrected chi connectivity index (χ0v) is 11.5. The first-order chi connectivity index (χ1) is 10.2. The number of hydrogen-bond acceptors (Lipinski definition) is 4. The number of carbonyl (C=O) groups is 1. The fourth-order valence-corrected chi connectivity index (χ4v) is 2.32. The minimum atomic E-state index is -0.507. The van der Waals surface area contributed by atoms with Crippen LogP contribution in [0, 0.1) is 0 Å². The highest BCUT2D eigenvalue weighted by Crippen LogP contribution is 2.36. The van der Waals surface area contributed by atoms with Gasteiger partial charge in [0.25, 0.3) is 0 Å². The van der Waals surface area contributed by atoms with Gasteiger partial charge in [0.05, 0.1) is 6.61 Å². The molecule has 3 rings (SSSR count). The van der Waals surface area contributed by atoms with Crippen molar-refractivity contribution in [3.63, 3.8) is 0 Å². The van der Waals surface area contributed by atoms with E-state index in [4.69, 9.17) is 9.15 Å². The first-order valence-corrected chi connectivity index (χ1v) is 6.68. The molecule has 0 spiro atoms. The van der Waals surface area contributed by atoms with E-state index in [1.807, 2.05) is 30.3 Å². The van der Waals surface area contributed by atoms with Gasteiger partial charge in [0.1, 0.15) is 11.3 Å². The number of fused-ring (bicyclic) bond motifs is 1. The number of phenolic OH excluding ortho intramolecular Hbond substituents is 1. The van der Waals surface area contributed by atoms with E-state index in [1.165, 1.54) is 6.07 Å². The second-order valence-corrected chi connectivity index (χ2v) is 4.57. The molecule has 0 unspecified atom stereocenters. The third-order valence-corrected chi connectivity index (χ3v) is 3.20. The Morgan fingerprint density at radius 2 is 1.95 bits per heavy atom. The summed E-state index contributed by atoms with van der Waals surface area (Å²) in [7, 11) is 0. The maximum absolute atomic E-state index is 12.1. The van der Waals surface area contributed by atoms with Crippen LogP contribution in [0.1, 0.15) is 17.5 Å². The lowest BCUT2D eigenvalue weighted by Gasteiger charge is -2.03. The average molecular weight is 282 g/mol. The summed E-state index contributed by atoms with van der Waals surface area (Å²) in [6, 6.07) is 14.3. The molecule has 0 atom stereocenters. The van der Waals surface area contributed by atoms with Crippen molar-refractivity contribution in [2.45, 2.75) is 6.92 Å². The molecule has 0 bridgehead atoms. The molecule has 0 radical (unpaired) electrons. The number of benzene rings is 2. The van der Waals surface area contributed by atoms with Gasteiger partial charge in [-0.05, 0) is 24.6 Å². The number of esters is 1. The fourth-order valence-electron chi connectivity index (χ4n) is 2.32. The minimum Gasteiger partial charge on any atom is -0.508 e. The molecule has 4 heteroatoms. The number of aromatic hydroxyl groups is 1. The molecule has 2 aromatic carbocycles. The quantitative estimate of drug-likeness (QED) is 0.738. The maximum atomic E-state index is 12.1. The highest BCUT2D eigenvalue weighted by atomic mass is 16.5. The molecule has 1 aromatic heterocycles. The maximum Gasteiger partial charge on any atom is 0.374 e. The van der Waals surface area contributed by atoms with Gasteiger partial charge in [0.2, 0.25) is 5.76 Å². The van der Waals surface area contributed by atoms with Crippen LogP contribution in [0.2, 0.25) is 0 Å². The van der Waals surface area contributed by atoms with Crippen LogP contribution in [-0.2, 0) is 4.74 Å². The fraction of sp³-hybridized carbons (Fsp3) is 0.118. The summed E-state index contributed by atoms with van der Waals surface area (Å²) in [6.07, 6.45) is 0. The summed E-state index contributed by atoms with van der Waals surface area (Å²) in [6.45, 7) is 2.02. The molecule has 0 saturated heterocycles. The number of carbonyl (C=O) groups excluding carboxylic acids is 1. The lowest BCUT2D eigenvalue weighted by atomic mass is 10.0. The van der Waals surface area contributed by atoms with E-state index < -0.39 is 5.97 Å². The van der Waals surface area contributed by atoms with Gasteiger partial charge in [0, 0.05) is 17.0 Å². The van der Waals surface area contributed by atoms with Crippen molar-refractivity contribution < 1.29 is 19.1 Å². The van der Waals surface area contributed by atoms with Crippen molar-refractivity contribution in [3.05, 3.63) is 54.3 Å². The Labute approximate surface area is 121 Å². The molecule has 0 amide bonds. The first kappa shape index (κ1) is 13.2. The Hall–Kier alpha value is -2.75. The number of ether oxygens (including phenoxy) is 1. The normalized spacial score (nSPS) is 10.7. The molecule has 3 aromatic rings. The van der Waals surface area contributed by atoms with Crippen molar-refractivity contribution in [1.29, 1.82) is 0 Å². The summed E-state index contributed by atoms with van der Waals surface area (Å²) in [5, 5.41) is 10.3. The average Bonchev–Trinajstić information content (AvgIpc) is 2.87. The second kappa shape index (κ2) is 5.32. The second-order valence-electron chi connectivity index (χ2n) is 4.57. The van der Waals surface area contributed by atoms with Crippen molar-refractivity contribution in [2.24, 2.45) is 0 Å². The Kier molecular flexibility index (Phi) is 3.36. The van der Waals surface area contributed by atoms with E-state index in [0.717, 1.165) is 10.9 Å². The zero-order valence-electron chi connectivity index (χ0n) is 11.5. The van der Waals surface area contributed by atoms with E-state index in [2.05, 4.69) is 0 Å². The van der Waals surface area contributed by atoms with Crippen LogP contribution in [0.4, 0.5) is 0 Å². The third kappa shape index (κ3) is 2.36. The first-order valence-electron chi connectivity index (χ1n) is 6.68. The summed E-state index contributed by atoms with van der Waals surface area (Å²) >= 11 is 0. The largest absolute Gasteiger partial charge is 0.508 e. The van der Waals surface area contributed by atoms with Gasteiger partial charge in [-0.1, -0.05) is 30.3 Å². The molecule has 106 valence electrons. The van der Waals surface area contributed by atoms with E-state index in [-0.39, 0.29) is 18.1 Å². The number of phenols is 1. The summed E-state index contributed by atoms with van der Waals surface area (Å²) in [5.41, 5.74) is 2.01. The van der Waals surface area contributed by atoms with Crippen molar-refractivity contribution in [3.8, 4) is 16.9 Å². The molecule has 0 fully saturated rings. The predicted octanol–water partition coefficient (Wildman–Crippen LogP) is 3.98. The minimum absolute atomic E-state index is 0.0891. The Morgan fingerprint density at radius 1 is 1.19 bits per heavy atom. The zero-order chi connectivity index (χ0) is 14.8. The van der Waals surface area contributed by atoms with Gasteiger partial charge in [-0.25, -0.2) is 4.79 Å². The van der Waals surface area contributed by atoms with E-state index in [9.17, 15) is 9.90 Å². The highest BCUT2D eigenvalue weighted by Gasteiger charge is 2.22. The molecule has 0 aliphatic carbocycles. The summed E-state index contributed by atoms with van der Waals surface area (Å²) < 4.78 is 10.7. The topological polar surface area (TPSA) is 59.7 Å². The van der Waals surface area contributed by atoms with Crippen LogP contribution >= 0.6 is 0 Å². The molecular formula is C17H14O4. The van der Waals surface area contributed by atoms with Crippen molar-refractivity contribution in [2.75, 3.05) is 6.61 Å². The molecule has 4 nitrogen and oxygen atoms in total. The van der Waals surface area contributed by atoms with Crippen LogP contribution in [0.3, 0.4) is 0 Å². The van der Waals surface area contributed by atoms with Gasteiger partial charge >= 0.3 is 5.97 Å². The summed E-state index contributed by atoms with van der Waals surface area (Å²) in [4.78, 5) is 12.1. The van der Waals surface area contributed by atoms with Gasteiger partial charge in [-0.3, -0.25) is 0 Å². The van der Waals surface area contributed by atoms with Gasteiger partial charge < -0.3 is 14.3 Å². The molecule has 0 aliphatic heterocycles. The van der Waals surface area contributed by atoms with Gasteiger partial charge in [0.15, 0.2) is 0 Å². The molecule has 1 heterocycles. The number of hydrogen-bond donors (Lipinski definition) is 1. The van der Waals surface area contributed by atoms with Crippen LogP contribution in [0.15, 0.2) is 52.9 Å². The lowest BCUT2D eigenvalue weighted by molar-refractivity contribution is 0.0494. The van der Waals surface area contributed by atoms with Crippen LogP contribution in [0.5, 0.6) is 5.75 Å². The number of rotatable bonds is 3. The Bertz CT molecular complexity index is 787. The lowest BCUT2D eigenvalue weighted by Crippen LogP contribution is -2.04. The third-order valence-electron chi connectivity index (χ3n) is 3.20. The smallest absolute Gasteiger partial charge is 0.374 e. The molecule has 21 heavy (non-hydrogen) atoms. The van der Waals surface area contributed by atoms with E-state index >= 15 is 0 Å².